The van der Waals surface area contributed by atoms with Crippen molar-refractivity contribution in [1.82, 2.24) is 15.4 Å². The lowest BCUT2D eigenvalue weighted by Gasteiger charge is -2.05. The molecule has 0 fully saturated rings. The van der Waals surface area contributed by atoms with Gasteiger partial charge in [-0.15, -0.1) is 0 Å². The van der Waals surface area contributed by atoms with Gasteiger partial charge in [0.05, 0.1) is 7.11 Å². The SMILES string of the molecule is CCCCCC(=O)c1n[nH]nc1-c1ccc(O)c(OC)c1. The van der Waals surface area contributed by atoms with Gasteiger partial charge in [-0.25, -0.2) is 0 Å². The fraction of sp³-hybridized carbons (Fsp3) is 0.400. The van der Waals surface area contributed by atoms with Crippen LogP contribution in [0.25, 0.3) is 11.3 Å². The topological polar surface area (TPSA) is 88.1 Å². The second-order valence-electron chi connectivity index (χ2n) is 4.79. The Hall–Kier alpha value is -2.37. The highest BCUT2D eigenvalue weighted by molar-refractivity contribution is 5.99. The van der Waals surface area contributed by atoms with Gasteiger partial charge in [-0.05, 0) is 24.6 Å². The molecule has 1 aromatic carbocycles. The normalized spacial score (nSPS) is 10.6. The minimum absolute atomic E-state index is 0.0285. The van der Waals surface area contributed by atoms with E-state index in [4.69, 9.17) is 4.74 Å². The lowest BCUT2D eigenvalue weighted by Crippen LogP contribution is -2.02. The molecule has 0 bridgehead atoms. The number of benzene rings is 1. The molecule has 0 unspecified atom stereocenters. The molecule has 2 N–H and O–H groups in total. The first-order valence-corrected chi connectivity index (χ1v) is 6.98. The number of hydrogen-bond acceptors (Lipinski definition) is 5. The Morgan fingerprint density at radius 3 is 2.86 bits per heavy atom. The Morgan fingerprint density at radius 2 is 2.14 bits per heavy atom. The Labute approximate surface area is 123 Å². The summed E-state index contributed by atoms with van der Waals surface area (Å²) in [5.74, 6) is 0.347. The summed E-state index contributed by atoms with van der Waals surface area (Å²) in [6, 6.07) is 4.82. The van der Waals surface area contributed by atoms with Crippen LogP contribution >= 0.6 is 0 Å². The van der Waals surface area contributed by atoms with E-state index in [0.717, 1.165) is 19.3 Å². The number of ether oxygens (including phenoxy) is 1. The summed E-state index contributed by atoms with van der Waals surface area (Å²) in [6.07, 6.45) is 3.39. The molecule has 0 aliphatic carbocycles. The van der Waals surface area contributed by atoms with E-state index in [9.17, 15) is 9.90 Å². The molecule has 0 aliphatic heterocycles. The number of unbranched alkanes of at least 4 members (excludes halogenated alkanes) is 2. The van der Waals surface area contributed by atoms with Crippen molar-refractivity contribution >= 4 is 5.78 Å². The van der Waals surface area contributed by atoms with Gasteiger partial charge >= 0.3 is 0 Å². The van der Waals surface area contributed by atoms with Crippen molar-refractivity contribution in [2.75, 3.05) is 7.11 Å². The number of carbonyl (C=O) groups excluding carboxylic acids is 1. The molecule has 0 saturated carbocycles. The average molecular weight is 289 g/mol. The third kappa shape index (κ3) is 3.39. The van der Waals surface area contributed by atoms with Crippen LogP contribution in [0.4, 0.5) is 0 Å². The zero-order valence-electron chi connectivity index (χ0n) is 12.2. The second-order valence-corrected chi connectivity index (χ2v) is 4.79. The summed E-state index contributed by atoms with van der Waals surface area (Å²) in [5.41, 5.74) is 1.49. The van der Waals surface area contributed by atoms with Crippen molar-refractivity contribution < 1.29 is 14.6 Å². The third-order valence-electron chi connectivity index (χ3n) is 3.27. The van der Waals surface area contributed by atoms with Crippen LogP contribution < -0.4 is 4.74 Å². The van der Waals surface area contributed by atoms with E-state index in [0.29, 0.717) is 29.1 Å². The van der Waals surface area contributed by atoms with Gasteiger partial charge in [-0.2, -0.15) is 15.4 Å². The van der Waals surface area contributed by atoms with Crippen LogP contribution in [0.3, 0.4) is 0 Å². The quantitative estimate of drug-likeness (QED) is 0.604. The first-order valence-electron chi connectivity index (χ1n) is 6.98. The maximum atomic E-state index is 12.2. The molecule has 112 valence electrons. The predicted octanol–water partition coefficient (Wildman–Crippen LogP) is 2.95. The summed E-state index contributed by atoms with van der Waals surface area (Å²) in [7, 11) is 1.47. The third-order valence-corrected chi connectivity index (χ3v) is 3.27. The Kier molecular flexibility index (Phi) is 4.92. The highest BCUT2D eigenvalue weighted by atomic mass is 16.5. The molecule has 2 rings (SSSR count). The number of carbonyl (C=O) groups is 1. The number of H-pyrrole nitrogens is 1. The fourth-order valence-electron chi connectivity index (χ4n) is 2.11. The van der Waals surface area contributed by atoms with Gasteiger partial charge in [0.25, 0.3) is 0 Å². The zero-order valence-corrected chi connectivity index (χ0v) is 12.2. The van der Waals surface area contributed by atoms with E-state index >= 15 is 0 Å². The van der Waals surface area contributed by atoms with Crippen molar-refractivity contribution in [3.63, 3.8) is 0 Å². The first-order chi connectivity index (χ1) is 10.2. The number of rotatable bonds is 7. The molecule has 1 heterocycles. The molecule has 0 spiro atoms. The summed E-state index contributed by atoms with van der Waals surface area (Å²) < 4.78 is 5.07. The van der Waals surface area contributed by atoms with Gasteiger partial charge in [0.2, 0.25) is 0 Å². The molecule has 0 amide bonds. The van der Waals surface area contributed by atoms with Gasteiger partial charge in [0.1, 0.15) is 5.69 Å². The molecule has 0 saturated heterocycles. The van der Waals surface area contributed by atoms with Crippen LogP contribution in [-0.2, 0) is 0 Å². The largest absolute Gasteiger partial charge is 0.504 e. The lowest BCUT2D eigenvalue weighted by atomic mass is 10.0. The van der Waals surface area contributed by atoms with Crippen molar-refractivity contribution in [2.24, 2.45) is 0 Å². The van der Waals surface area contributed by atoms with E-state index in [1.165, 1.54) is 13.2 Å². The fourth-order valence-corrected chi connectivity index (χ4v) is 2.11. The number of aromatic nitrogens is 3. The van der Waals surface area contributed by atoms with Gasteiger partial charge < -0.3 is 9.84 Å². The molecule has 6 nitrogen and oxygen atoms in total. The first kappa shape index (κ1) is 15.0. The Bertz CT molecular complexity index is 622. The average Bonchev–Trinajstić information content (AvgIpc) is 2.97. The number of nitrogens with zero attached hydrogens (tertiary/aromatic N) is 2. The smallest absolute Gasteiger partial charge is 0.185 e. The van der Waals surface area contributed by atoms with Crippen LogP contribution in [0, 0.1) is 0 Å². The monoisotopic (exact) mass is 289 g/mol. The maximum absolute atomic E-state index is 12.2. The summed E-state index contributed by atoms with van der Waals surface area (Å²) in [6.45, 7) is 2.09. The van der Waals surface area contributed by atoms with E-state index in [2.05, 4.69) is 22.3 Å². The number of phenols is 1. The standard InChI is InChI=1S/C15H19N3O3/c1-3-4-5-6-12(20)15-14(16-18-17-15)10-7-8-11(19)13(9-10)21-2/h7-9,19H,3-6H2,1-2H3,(H,16,17,18). The maximum Gasteiger partial charge on any atom is 0.185 e. The van der Waals surface area contributed by atoms with Crippen molar-refractivity contribution in [3.8, 4) is 22.8 Å². The zero-order chi connectivity index (χ0) is 15.2. The highest BCUT2D eigenvalue weighted by Crippen LogP contribution is 2.31. The molecule has 21 heavy (non-hydrogen) atoms. The van der Waals surface area contributed by atoms with Crippen LogP contribution in [-0.4, -0.2) is 33.4 Å². The number of methoxy groups -OCH3 is 1. The van der Waals surface area contributed by atoms with Crippen LogP contribution in [0.5, 0.6) is 11.5 Å². The second kappa shape index (κ2) is 6.88. The van der Waals surface area contributed by atoms with E-state index < -0.39 is 0 Å². The van der Waals surface area contributed by atoms with Crippen LogP contribution in [0.2, 0.25) is 0 Å². The number of phenolic OH excluding ortho intramolecular Hbond substituents is 1. The molecule has 0 radical (unpaired) electrons. The molecular weight excluding hydrogens is 270 g/mol. The van der Waals surface area contributed by atoms with E-state index in [1.807, 2.05) is 0 Å². The summed E-state index contributed by atoms with van der Waals surface area (Å²) in [5, 5.41) is 20.1. The highest BCUT2D eigenvalue weighted by Gasteiger charge is 2.18. The molecule has 6 heteroatoms. The van der Waals surface area contributed by atoms with E-state index in [-0.39, 0.29) is 11.5 Å². The van der Waals surface area contributed by atoms with Crippen molar-refractivity contribution in [1.29, 1.82) is 0 Å². The molecule has 2 aromatic rings. The van der Waals surface area contributed by atoms with Gasteiger partial charge in [0, 0.05) is 12.0 Å². The number of aromatic amines is 1. The number of Topliss-reactive ketones (excluding diaryl/α,β-unsaturated/α-hetero) is 1. The molecule has 1 aromatic heterocycles. The lowest BCUT2D eigenvalue weighted by molar-refractivity contribution is 0.0975. The van der Waals surface area contributed by atoms with E-state index in [1.54, 1.807) is 12.1 Å². The number of ketones is 1. The molecule has 0 atom stereocenters. The van der Waals surface area contributed by atoms with Gasteiger partial charge in [0.15, 0.2) is 23.0 Å². The van der Waals surface area contributed by atoms with Crippen molar-refractivity contribution in [3.05, 3.63) is 23.9 Å². The number of aromatic hydroxyl groups is 1. The number of nitrogens with one attached hydrogen (secondary N) is 1. The van der Waals surface area contributed by atoms with Gasteiger partial charge in [-0.3, -0.25) is 4.79 Å². The summed E-state index contributed by atoms with van der Waals surface area (Å²) >= 11 is 0. The van der Waals surface area contributed by atoms with Gasteiger partial charge in [-0.1, -0.05) is 19.8 Å². The Morgan fingerprint density at radius 1 is 1.33 bits per heavy atom. The number of hydrogen-bond donors (Lipinski definition) is 2. The molecule has 0 aliphatic rings. The minimum atomic E-state index is -0.0285. The van der Waals surface area contributed by atoms with Crippen LogP contribution in [0.15, 0.2) is 18.2 Å². The molecular formula is C15H19N3O3. The van der Waals surface area contributed by atoms with Crippen molar-refractivity contribution in [2.45, 2.75) is 32.6 Å². The predicted molar refractivity (Wildman–Crippen MR) is 78.5 cm³/mol. The summed E-state index contributed by atoms with van der Waals surface area (Å²) in [4.78, 5) is 12.2. The Balaban J connectivity index is 2.25. The van der Waals surface area contributed by atoms with Crippen LogP contribution in [0.1, 0.15) is 43.1 Å². The minimum Gasteiger partial charge on any atom is -0.504 e.